The molecule has 1 heterocycles. The Morgan fingerprint density at radius 3 is 2.67 bits per heavy atom. The molecule has 0 aliphatic carbocycles. The van der Waals surface area contributed by atoms with Gasteiger partial charge in [0.25, 0.3) is 0 Å². The molecule has 24 heavy (non-hydrogen) atoms. The van der Waals surface area contributed by atoms with Gasteiger partial charge in [-0.15, -0.1) is 0 Å². The zero-order valence-corrected chi connectivity index (χ0v) is 12.7. The number of nitrogens with zero attached hydrogens (tertiary/aromatic N) is 2. The summed E-state index contributed by atoms with van der Waals surface area (Å²) < 4.78 is 29.0. The van der Waals surface area contributed by atoms with E-state index in [2.05, 4.69) is 25.3 Å². The predicted molar refractivity (Wildman–Crippen MR) is 85.6 cm³/mol. The van der Waals surface area contributed by atoms with Gasteiger partial charge in [-0.25, -0.2) is 9.97 Å². The summed E-state index contributed by atoms with van der Waals surface area (Å²) in [4.78, 5) is 19.7. The van der Waals surface area contributed by atoms with Gasteiger partial charge in [0, 0.05) is 37.1 Å². The summed E-state index contributed by atoms with van der Waals surface area (Å²) in [5.74, 6) is 0.137. The molecule has 0 unspecified atom stereocenters. The summed E-state index contributed by atoms with van der Waals surface area (Å²) >= 11 is 0. The molecule has 2 rings (SSSR count). The van der Waals surface area contributed by atoms with Gasteiger partial charge in [0.1, 0.15) is 5.75 Å². The van der Waals surface area contributed by atoms with Gasteiger partial charge in [0.2, 0.25) is 11.9 Å². The lowest BCUT2D eigenvalue weighted by atomic mass is 10.2. The molecular weight excluding hydrogens is 318 g/mol. The topological polar surface area (TPSA) is 76.1 Å². The second-order valence-electron chi connectivity index (χ2n) is 4.54. The van der Waals surface area contributed by atoms with Gasteiger partial charge in [0.15, 0.2) is 0 Å². The lowest BCUT2D eigenvalue weighted by Gasteiger charge is -2.07. The van der Waals surface area contributed by atoms with Gasteiger partial charge in [-0.1, -0.05) is 18.2 Å². The number of amides is 1. The van der Waals surface area contributed by atoms with E-state index in [1.807, 2.05) is 0 Å². The van der Waals surface area contributed by atoms with Crippen molar-refractivity contribution in [2.24, 2.45) is 0 Å². The van der Waals surface area contributed by atoms with Crippen molar-refractivity contribution < 1.29 is 18.3 Å². The van der Waals surface area contributed by atoms with Crippen LogP contribution in [0.3, 0.4) is 0 Å². The molecule has 1 aromatic carbocycles. The highest BCUT2D eigenvalue weighted by Crippen LogP contribution is 2.21. The summed E-state index contributed by atoms with van der Waals surface area (Å²) in [6.45, 7) is -2.11. The third-order valence-electron chi connectivity index (χ3n) is 2.82. The van der Waals surface area contributed by atoms with Gasteiger partial charge in [-0.2, -0.15) is 8.78 Å². The summed E-state index contributed by atoms with van der Waals surface area (Å²) in [5, 5.41) is 5.59. The predicted octanol–water partition coefficient (Wildman–Crippen LogP) is 2.32. The molecule has 6 nitrogen and oxygen atoms in total. The van der Waals surface area contributed by atoms with Crippen LogP contribution in [0.25, 0.3) is 6.08 Å². The smallest absolute Gasteiger partial charge is 0.387 e. The van der Waals surface area contributed by atoms with E-state index in [1.54, 1.807) is 36.7 Å². The highest BCUT2D eigenvalue weighted by molar-refractivity contribution is 5.92. The van der Waals surface area contributed by atoms with Crippen LogP contribution in [0.2, 0.25) is 0 Å². The van der Waals surface area contributed by atoms with Crippen molar-refractivity contribution in [3.8, 4) is 5.75 Å². The van der Waals surface area contributed by atoms with E-state index in [0.717, 1.165) is 0 Å². The Labute approximate surface area is 137 Å². The fourth-order valence-corrected chi connectivity index (χ4v) is 1.80. The minimum absolute atomic E-state index is 0.0134. The van der Waals surface area contributed by atoms with Gasteiger partial charge < -0.3 is 15.4 Å². The zero-order chi connectivity index (χ0) is 17.2. The number of benzene rings is 1. The van der Waals surface area contributed by atoms with Crippen molar-refractivity contribution in [3.63, 3.8) is 0 Å². The van der Waals surface area contributed by atoms with Gasteiger partial charge in [0.05, 0.1) is 0 Å². The van der Waals surface area contributed by atoms with E-state index in [4.69, 9.17) is 0 Å². The molecule has 0 saturated heterocycles. The number of aromatic nitrogens is 2. The normalized spacial score (nSPS) is 10.8. The first-order valence-corrected chi connectivity index (χ1v) is 7.16. The molecular formula is C16H16F2N4O2. The first-order valence-electron chi connectivity index (χ1n) is 7.16. The largest absolute Gasteiger partial charge is 0.434 e. The summed E-state index contributed by atoms with van der Waals surface area (Å²) in [7, 11) is 0. The Morgan fingerprint density at radius 2 is 1.92 bits per heavy atom. The number of para-hydroxylation sites is 1. The van der Waals surface area contributed by atoms with E-state index in [-0.39, 0.29) is 11.7 Å². The Bertz CT molecular complexity index is 681. The van der Waals surface area contributed by atoms with E-state index in [0.29, 0.717) is 24.6 Å². The van der Waals surface area contributed by atoms with Crippen molar-refractivity contribution in [2.45, 2.75) is 6.61 Å². The van der Waals surface area contributed by atoms with Gasteiger partial charge >= 0.3 is 6.61 Å². The number of hydrogen-bond donors (Lipinski definition) is 2. The maximum absolute atomic E-state index is 12.3. The number of nitrogens with one attached hydrogen (secondary N) is 2. The molecule has 2 aromatic rings. The first kappa shape index (κ1) is 17.3. The van der Waals surface area contributed by atoms with Crippen molar-refractivity contribution in [3.05, 3.63) is 54.4 Å². The number of alkyl halides is 2. The molecule has 8 heteroatoms. The Balaban J connectivity index is 1.79. The van der Waals surface area contributed by atoms with E-state index >= 15 is 0 Å². The van der Waals surface area contributed by atoms with Crippen LogP contribution in [0.5, 0.6) is 5.75 Å². The Hall–Kier alpha value is -3.03. The van der Waals surface area contributed by atoms with Crippen LogP contribution in [-0.2, 0) is 4.79 Å². The SMILES string of the molecule is O=C(/C=C/c1ccccc1OC(F)F)NCCNc1ncccn1. The fraction of sp³-hybridized carbons (Fsp3) is 0.188. The van der Waals surface area contributed by atoms with Crippen LogP contribution < -0.4 is 15.4 Å². The first-order chi connectivity index (χ1) is 11.6. The molecule has 0 atom stereocenters. The molecule has 1 aromatic heterocycles. The molecule has 0 spiro atoms. The van der Waals surface area contributed by atoms with Gasteiger partial charge in [-0.3, -0.25) is 4.79 Å². The molecule has 2 N–H and O–H groups in total. The average Bonchev–Trinajstić information content (AvgIpc) is 2.58. The molecule has 126 valence electrons. The second kappa shape index (κ2) is 9.19. The fourth-order valence-electron chi connectivity index (χ4n) is 1.80. The lowest BCUT2D eigenvalue weighted by Crippen LogP contribution is -2.27. The lowest BCUT2D eigenvalue weighted by molar-refractivity contribution is -0.116. The highest BCUT2D eigenvalue weighted by Gasteiger charge is 2.07. The molecule has 0 fully saturated rings. The third kappa shape index (κ3) is 5.99. The molecule has 0 aliphatic heterocycles. The van der Waals surface area contributed by atoms with E-state index in [9.17, 15) is 13.6 Å². The number of carbonyl (C=O) groups is 1. The standard InChI is InChI=1S/C16H16F2N4O2/c17-15(18)24-13-5-2-1-4-12(13)6-7-14(23)19-10-11-22-16-20-8-3-9-21-16/h1-9,15H,10-11H2,(H,19,23)(H,20,21,22)/b7-6+. The van der Waals surface area contributed by atoms with Crippen molar-refractivity contribution in [1.29, 1.82) is 0 Å². The van der Waals surface area contributed by atoms with Crippen LogP contribution in [0, 0.1) is 0 Å². The minimum atomic E-state index is -2.92. The van der Waals surface area contributed by atoms with Crippen LogP contribution in [0.15, 0.2) is 48.8 Å². The molecule has 0 saturated carbocycles. The number of halogens is 2. The minimum Gasteiger partial charge on any atom is -0.434 e. The Morgan fingerprint density at radius 1 is 1.17 bits per heavy atom. The number of hydrogen-bond acceptors (Lipinski definition) is 5. The molecule has 0 bridgehead atoms. The third-order valence-corrected chi connectivity index (χ3v) is 2.82. The number of rotatable bonds is 8. The molecule has 0 radical (unpaired) electrons. The Kier molecular flexibility index (Phi) is 6.63. The van der Waals surface area contributed by atoms with E-state index < -0.39 is 6.61 Å². The van der Waals surface area contributed by atoms with Crippen LogP contribution in [-0.4, -0.2) is 35.6 Å². The molecule has 1 amide bonds. The maximum atomic E-state index is 12.3. The average molecular weight is 334 g/mol. The second-order valence-corrected chi connectivity index (χ2v) is 4.54. The summed E-state index contributed by atoms with van der Waals surface area (Å²) in [5.41, 5.74) is 0.392. The van der Waals surface area contributed by atoms with Gasteiger partial charge in [-0.05, 0) is 18.2 Å². The van der Waals surface area contributed by atoms with Crippen LogP contribution in [0.4, 0.5) is 14.7 Å². The summed E-state index contributed by atoms with van der Waals surface area (Å²) in [6.07, 6.45) is 5.89. The molecule has 0 aliphatic rings. The number of carbonyl (C=O) groups excluding carboxylic acids is 1. The monoisotopic (exact) mass is 334 g/mol. The number of anilines is 1. The zero-order valence-electron chi connectivity index (χ0n) is 12.7. The van der Waals surface area contributed by atoms with Crippen molar-refractivity contribution >= 4 is 17.9 Å². The number of ether oxygens (including phenoxy) is 1. The van der Waals surface area contributed by atoms with E-state index in [1.165, 1.54) is 18.2 Å². The quantitative estimate of drug-likeness (QED) is 0.572. The maximum Gasteiger partial charge on any atom is 0.387 e. The van der Waals surface area contributed by atoms with Crippen LogP contribution in [0.1, 0.15) is 5.56 Å². The summed E-state index contributed by atoms with van der Waals surface area (Å²) in [6, 6.07) is 7.93. The van der Waals surface area contributed by atoms with Crippen LogP contribution >= 0.6 is 0 Å². The van der Waals surface area contributed by atoms with Crippen molar-refractivity contribution in [1.82, 2.24) is 15.3 Å². The van der Waals surface area contributed by atoms with Crippen molar-refractivity contribution in [2.75, 3.05) is 18.4 Å². The highest BCUT2D eigenvalue weighted by atomic mass is 19.3.